The molecule has 2 atom stereocenters. The molecule has 2 N–H and O–H groups in total. The van der Waals surface area contributed by atoms with Crippen LogP contribution < -0.4 is 10.6 Å². The molecule has 0 aromatic rings. The summed E-state index contributed by atoms with van der Waals surface area (Å²) < 4.78 is 0. The van der Waals surface area contributed by atoms with Crippen LogP contribution in [0.3, 0.4) is 0 Å². The van der Waals surface area contributed by atoms with Gasteiger partial charge in [-0.3, -0.25) is 4.79 Å². The van der Waals surface area contributed by atoms with Crippen LogP contribution in [0.5, 0.6) is 0 Å². The van der Waals surface area contributed by atoms with E-state index < -0.39 is 0 Å². The number of rotatable bonds is 3. The molecule has 3 heteroatoms. The number of carbonyl (C=O) groups is 1. The van der Waals surface area contributed by atoms with Crippen molar-refractivity contribution in [2.45, 2.75) is 51.4 Å². The summed E-state index contributed by atoms with van der Waals surface area (Å²) in [5.41, 5.74) is -0.0587. The van der Waals surface area contributed by atoms with Crippen LogP contribution in [0.2, 0.25) is 0 Å². The molecular formula is C15H26N2O. The smallest absolute Gasteiger partial charge is 0.227 e. The standard InChI is InChI=1S/C15H26N2O/c18-14(17-9-12-5-1-2-6-12)15-8-4-3-7-13(15)10-16-11-15/h12-13,16H,1-11H2,(H,17,18)/t13-,15+/m0/s1. The van der Waals surface area contributed by atoms with Gasteiger partial charge < -0.3 is 10.6 Å². The maximum absolute atomic E-state index is 12.6. The van der Waals surface area contributed by atoms with Gasteiger partial charge in [0.25, 0.3) is 0 Å². The highest BCUT2D eigenvalue weighted by atomic mass is 16.2. The Bertz CT molecular complexity index is 312. The predicted molar refractivity (Wildman–Crippen MR) is 72.2 cm³/mol. The Morgan fingerprint density at radius 2 is 1.94 bits per heavy atom. The summed E-state index contributed by atoms with van der Waals surface area (Å²) in [4.78, 5) is 12.6. The lowest BCUT2D eigenvalue weighted by Gasteiger charge is -2.37. The molecule has 0 aromatic heterocycles. The van der Waals surface area contributed by atoms with Crippen LogP contribution >= 0.6 is 0 Å². The van der Waals surface area contributed by atoms with Gasteiger partial charge in [0.15, 0.2) is 0 Å². The average molecular weight is 250 g/mol. The second-order valence-corrected chi connectivity index (χ2v) is 6.59. The van der Waals surface area contributed by atoms with E-state index >= 15 is 0 Å². The molecule has 3 rings (SSSR count). The van der Waals surface area contributed by atoms with Gasteiger partial charge in [0.1, 0.15) is 0 Å². The van der Waals surface area contributed by atoms with E-state index in [9.17, 15) is 4.79 Å². The second kappa shape index (κ2) is 5.20. The van der Waals surface area contributed by atoms with Gasteiger partial charge in [-0.15, -0.1) is 0 Å². The fraction of sp³-hybridized carbons (Fsp3) is 0.933. The van der Waals surface area contributed by atoms with E-state index in [0.29, 0.717) is 11.8 Å². The first-order valence-corrected chi connectivity index (χ1v) is 7.80. The van der Waals surface area contributed by atoms with Crippen molar-refractivity contribution in [3.8, 4) is 0 Å². The molecule has 0 bridgehead atoms. The van der Waals surface area contributed by atoms with Crippen LogP contribution in [-0.4, -0.2) is 25.5 Å². The third-order valence-electron chi connectivity index (χ3n) is 5.52. The summed E-state index contributed by atoms with van der Waals surface area (Å²) in [7, 11) is 0. The van der Waals surface area contributed by atoms with Gasteiger partial charge in [-0.1, -0.05) is 25.7 Å². The van der Waals surface area contributed by atoms with Crippen LogP contribution in [0, 0.1) is 17.3 Å². The predicted octanol–water partition coefficient (Wildman–Crippen LogP) is 2.07. The lowest BCUT2D eigenvalue weighted by Crippen LogP contribution is -2.48. The van der Waals surface area contributed by atoms with Crippen molar-refractivity contribution in [2.75, 3.05) is 19.6 Å². The van der Waals surface area contributed by atoms with E-state index in [2.05, 4.69) is 10.6 Å². The lowest BCUT2D eigenvalue weighted by molar-refractivity contribution is -0.134. The molecule has 2 saturated carbocycles. The minimum atomic E-state index is -0.0587. The lowest BCUT2D eigenvalue weighted by atomic mass is 9.67. The van der Waals surface area contributed by atoms with Crippen molar-refractivity contribution < 1.29 is 4.79 Å². The van der Waals surface area contributed by atoms with Crippen LogP contribution in [0.1, 0.15) is 51.4 Å². The van der Waals surface area contributed by atoms with Gasteiger partial charge >= 0.3 is 0 Å². The number of hydrogen-bond acceptors (Lipinski definition) is 2. The highest BCUT2D eigenvalue weighted by molar-refractivity contribution is 5.83. The molecule has 0 spiro atoms. The first kappa shape index (κ1) is 12.5. The van der Waals surface area contributed by atoms with Crippen molar-refractivity contribution >= 4 is 5.91 Å². The van der Waals surface area contributed by atoms with E-state index in [1.165, 1.54) is 44.9 Å². The highest BCUT2D eigenvalue weighted by Gasteiger charge is 2.49. The summed E-state index contributed by atoms with van der Waals surface area (Å²) in [5, 5.41) is 6.73. The number of hydrogen-bond donors (Lipinski definition) is 2. The molecule has 1 heterocycles. The van der Waals surface area contributed by atoms with E-state index in [0.717, 1.165) is 32.0 Å². The Labute approximate surface area is 110 Å². The highest BCUT2D eigenvalue weighted by Crippen LogP contribution is 2.43. The van der Waals surface area contributed by atoms with Gasteiger partial charge in [-0.25, -0.2) is 0 Å². The first-order chi connectivity index (χ1) is 8.81. The van der Waals surface area contributed by atoms with E-state index in [4.69, 9.17) is 0 Å². The Balaban J connectivity index is 1.59. The molecule has 1 aliphatic heterocycles. The minimum absolute atomic E-state index is 0.0587. The summed E-state index contributed by atoms with van der Waals surface area (Å²) in [6.45, 7) is 2.89. The zero-order valence-corrected chi connectivity index (χ0v) is 11.3. The molecule has 2 aliphatic carbocycles. The van der Waals surface area contributed by atoms with Crippen LogP contribution in [0.4, 0.5) is 0 Å². The number of fused-ring (bicyclic) bond motifs is 1. The normalized spacial score (nSPS) is 36.6. The van der Waals surface area contributed by atoms with Gasteiger partial charge in [0, 0.05) is 13.1 Å². The monoisotopic (exact) mass is 250 g/mol. The zero-order chi connectivity index (χ0) is 12.4. The van der Waals surface area contributed by atoms with E-state index in [1.807, 2.05) is 0 Å². The van der Waals surface area contributed by atoms with Crippen molar-refractivity contribution in [3.63, 3.8) is 0 Å². The molecule has 102 valence electrons. The van der Waals surface area contributed by atoms with Crippen molar-refractivity contribution in [1.82, 2.24) is 10.6 Å². The van der Waals surface area contributed by atoms with Crippen LogP contribution in [-0.2, 0) is 4.79 Å². The molecular weight excluding hydrogens is 224 g/mol. The number of amides is 1. The van der Waals surface area contributed by atoms with Crippen molar-refractivity contribution in [2.24, 2.45) is 17.3 Å². The van der Waals surface area contributed by atoms with E-state index in [-0.39, 0.29) is 5.41 Å². The van der Waals surface area contributed by atoms with Gasteiger partial charge in [-0.05, 0) is 44.1 Å². The topological polar surface area (TPSA) is 41.1 Å². The van der Waals surface area contributed by atoms with Gasteiger partial charge in [0.2, 0.25) is 5.91 Å². The molecule has 1 amide bonds. The Morgan fingerprint density at radius 1 is 1.17 bits per heavy atom. The SMILES string of the molecule is O=C(NCC1CCCC1)[C@@]12CCCC[C@H]1CNC2. The maximum atomic E-state index is 12.6. The van der Waals surface area contributed by atoms with Crippen molar-refractivity contribution in [1.29, 1.82) is 0 Å². The summed E-state index contributed by atoms with van der Waals surface area (Å²) >= 11 is 0. The molecule has 3 aliphatic rings. The molecule has 0 unspecified atom stereocenters. The maximum Gasteiger partial charge on any atom is 0.227 e. The molecule has 0 radical (unpaired) electrons. The van der Waals surface area contributed by atoms with Crippen molar-refractivity contribution in [3.05, 3.63) is 0 Å². The third kappa shape index (κ3) is 2.18. The van der Waals surface area contributed by atoms with Crippen LogP contribution in [0.25, 0.3) is 0 Å². The quantitative estimate of drug-likeness (QED) is 0.805. The first-order valence-electron chi connectivity index (χ1n) is 7.80. The summed E-state index contributed by atoms with van der Waals surface area (Å²) in [6, 6.07) is 0. The second-order valence-electron chi connectivity index (χ2n) is 6.59. The van der Waals surface area contributed by atoms with E-state index in [1.54, 1.807) is 0 Å². The van der Waals surface area contributed by atoms with Crippen LogP contribution in [0.15, 0.2) is 0 Å². The summed E-state index contributed by atoms with van der Waals surface area (Å²) in [6.07, 6.45) is 10.2. The van der Waals surface area contributed by atoms with Gasteiger partial charge in [-0.2, -0.15) is 0 Å². The third-order valence-corrected chi connectivity index (χ3v) is 5.52. The molecule has 0 aromatic carbocycles. The average Bonchev–Trinajstić information content (AvgIpc) is 3.05. The fourth-order valence-electron chi connectivity index (χ4n) is 4.32. The molecule has 3 fully saturated rings. The Hall–Kier alpha value is -0.570. The number of carbonyl (C=O) groups excluding carboxylic acids is 1. The Morgan fingerprint density at radius 3 is 2.78 bits per heavy atom. The zero-order valence-electron chi connectivity index (χ0n) is 11.3. The number of nitrogens with one attached hydrogen (secondary N) is 2. The molecule has 1 saturated heterocycles. The molecule has 18 heavy (non-hydrogen) atoms. The molecule has 3 nitrogen and oxygen atoms in total. The van der Waals surface area contributed by atoms with Gasteiger partial charge in [0.05, 0.1) is 5.41 Å². The minimum Gasteiger partial charge on any atom is -0.355 e. The summed E-state index contributed by atoms with van der Waals surface area (Å²) in [5.74, 6) is 1.70. The Kier molecular flexibility index (Phi) is 3.60. The largest absolute Gasteiger partial charge is 0.355 e. The fourth-order valence-corrected chi connectivity index (χ4v) is 4.32.